The Labute approximate surface area is 126 Å². The van der Waals surface area contributed by atoms with Gasteiger partial charge in [0, 0.05) is 31.6 Å². The van der Waals surface area contributed by atoms with Crippen molar-refractivity contribution in [3.8, 4) is 6.07 Å². The number of rotatable bonds is 9. The van der Waals surface area contributed by atoms with E-state index in [2.05, 4.69) is 30.3 Å². The van der Waals surface area contributed by atoms with Gasteiger partial charge in [0.15, 0.2) is 0 Å². The first kappa shape index (κ1) is 16.8. The minimum Gasteiger partial charge on any atom is -0.383 e. The van der Waals surface area contributed by atoms with Crippen LogP contribution >= 0.6 is 11.8 Å². The van der Waals surface area contributed by atoms with Crippen molar-refractivity contribution in [3.63, 3.8) is 0 Å². The summed E-state index contributed by atoms with van der Waals surface area (Å²) in [6.45, 7) is 5.47. The van der Waals surface area contributed by atoms with Crippen molar-refractivity contribution in [1.29, 1.82) is 5.26 Å². The van der Waals surface area contributed by atoms with Crippen LogP contribution in [0.4, 0.5) is 5.69 Å². The van der Waals surface area contributed by atoms with Crippen molar-refractivity contribution < 1.29 is 4.74 Å². The van der Waals surface area contributed by atoms with Gasteiger partial charge in [-0.2, -0.15) is 5.26 Å². The van der Waals surface area contributed by atoms with Crippen LogP contribution in [-0.2, 0) is 4.74 Å². The van der Waals surface area contributed by atoms with Gasteiger partial charge in [-0.1, -0.05) is 13.0 Å². The zero-order chi connectivity index (χ0) is 14.8. The van der Waals surface area contributed by atoms with Crippen LogP contribution in [0.2, 0.25) is 0 Å². The van der Waals surface area contributed by atoms with Gasteiger partial charge in [-0.05, 0) is 24.9 Å². The fourth-order valence-corrected chi connectivity index (χ4v) is 2.60. The maximum absolute atomic E-state index is 9.32. The Morgan fingerprint density at radius 1 is 1.40 bits per heavy atom. The zero-order valence-electron chi connectivity index (χ0n) is 12.5. The van der Waals surface area contributed by atoms with E-state index in [4.69, 9.17) is 4.74 Å². The highest BCUT2D eigenvalue weighted by Crippen LogP contribution is 2.27. The molecule has 0 saturated carbocycles. The molecule has 0 unspecified atom stereocenters. The van der Waals surface area contributed by atoms with E-state index >= 15 is 0 Å². The number of nitrogens with one attached hydrogen (secondary N) is 1. The standard InChI is InChI=1S/C15H23N3OS/c1-4-20-15-7-5-6-14(13(15)12-16)17-8-9-18(2)10-11-19-3/h5-7,17H,4,8-11H2,1-3H3. The Kier molecular flexibility index (Phi) is 8.12. The quantitative estimate of drug-likeness (QED) is 0.709. The second-order valence-electron chi connectivity index (χ2n) is 4.45. The predicted molar refractivity (Wildman–Crippen MR) is 85.4 cm³/mol. The highest BCUT2D eigenvalue weighted by molar-refractivity contribution is 7.99. The molecular formula is C15H23N3OS. The van der Waals surface area contributed by atoms with Crippen molar-refractivity contribution in [1.82, 2.24) is 4.90 Å². The van der Waals surface area contributed by atoms with Crippen molar-refractivity contribution in [3.05, 3.63) is 23.8 Å². The molecule has 0 atom stereocenters. The maximum Gasteiger partial charge on any atom is 0.102 e. The smallest absolute Gasteiger partial charge is 0.102 e. The minimum absolute atomic E-state index is 0.739. The molecule has 0 aromatic heterocycles. The molecule has 0 spiro atoms. The minimum atomic E-state index is 0.739. The maximum atomic E-state index is 9.32. The second-order valence-corrected chi connectivity index (χ2v) is 5.75. The van der Waals surface area contributed by atoms with Crippen LogP contribution in [0.25, 0.3) is 0 Å². The number of methoxy groups -OCH3 is 1. The molecule has 0 amide bonds. The summed E-state index contributed by atoms with van der Waals surface area (Å²) in [5.41, 5.74) is 1.67. The monoisotopic (exact) mass is 293 g/mol. The Morgan fingerprint density at radius 3 is 2.85 bits per heavy atom. The predicted octanol–water partition coefficient (Wildman–Crippen LogP) is 2.66. The van der Waals surface area contributed by atoms with Gasteiger partial charge >= 0.3 is 0 Å². The van der Waals surface area contributed by atoms with Crippen LogP contribution in [0.3, 0.4) is 0 Å². The lowest BCUT2D eigenvalue weighted by molar-refractivity contribution is 0.163. The normalized spacial score (nSPS) is 10.6. The van der Waals surface area contributed by atoms with Crippen LogP contribution in [0, 0.1) is 11.3 Å². The van der Waals surface area contributed by atoms with Crippen molar-refractivity contribution in [2.75, 3.05) is 51.5 Å². The van der Waals surface area contributed by atoms with Gasteiger partial charge in [0.1, 0.15) is 6.07 Å². The Morgan fingerprint density at radius 2 is 2.20 bits per heavy atom. The van der Waals surface area contributed by atoms with Crippen LogP contribution in [0.1, 0.15) is 12.5 Å². The molecule has 0 saturated heterocycles. The number of hydrogen-bond donors (Lipinski definition) is 1. The highest BCUT2D eigenvalue weighted by atomic mass is 32.2. The van der Waals surface area contributed by atoms with Crippen LogP contribution in [0.5, 0.6) is 0 Å². The van der Waals surface area contributed by atoms with Crippen LogP contribution < -0.4 is 5.32 Å². The second kappa shape index (κ2) is 9.65. The number of nitrogens with zero attached hydrogens (tertiary/aromatic N) is 2. The molecule has 0 aliphatic heterocycles. The lowest BCUT2D eigenvalue weighted by atomic mass is 10.2. The summed E-state index contributed by atoms with van der Waals surface area (Å²) in [7, 11) is 3.78. The summed E-state index contributed by atoms with van der Waals surface area (Å²) in [5, 5.41) is 12.7. The first-order valence-corrected chi connectivity index (χ1v) is 7.78. The van der Waals surface area contributed by atoms with Gasteiger partial charge < -0.3 is 15.0 Å². The lowest BCUT2D eigenvalue weighted by Crippen LogP contribution is -2.28. The van der Waals surface area contributed by atoms with Gasteiger partial charge in [-0.25, -0.2) is 0 Å². The molecule has 0 radical (unpaired) electrons. The Bertz CT molecular complexity index is 445. The van der Waals surface area contributed by atoms with Crippen LogP contribution in [-0.4, -0.2) is 51.1 Å². The molecule has 4 nitrogen and oxygen atoms in total. The van der Waals surface area contributed by atoms with E-state index in [1.165, 1.54) is 0 Å². The topological polar surface area (TPSA) is 48.3 Å². The molecule has 1 aromatic rings. The first-order chi connectivity index (χ1) is 9.72. The molecule has 0 aliphatic carbocycles. The number of hydrogen-bond acceptors (Lipinski definition) is 5. The molecule has 5 heteroatoms. The summed E-state index contributed by atoms with van der Waals surface area (Å²) in [5.74, 6) is 0.970. The number of thioether (sulfide) groups is 1. The molecule has 20 heavy (non-hydrogen) atoms. The van der Waals surface area contributed by atoms with E-state index in [-0.39, 0.29) is 0 Å². The number of likely N-dealkylation sites (N-methyl/N-ethyl adjacent to an activating group) is 1. The van der Waals surface area contributed by atoms with Crippen LogP contribution in [0.15, 0.2) is 23.1 Å². The highest BCUT2D eigenvalue weighted by Gasteiger charge is 2.07. The summed E-state index contributed by atoms with van der Waals surface area (Å²) in [4.78, 5) is 3.25. The summed E-state index contributed by atoms with van der Waals surface area (Å²) >= 11 is 1.70. The molecule has 1 N–H and O–H groups in total. The van der Waals surface area contributed by atoms with E-state index < -0.39 is 0 Å². The SMILES string of the molecule is CCSc1cccc(NCCN(C)CCOC)c1C#N. The Balaban J connectivity index is 2.55. The van der Waals surface area contributed by atoms with Gasteiger partial charge in [0.05, 0.1) is 17.9 Å². The largest absolute Gasteiger partial charge is 0.383 e. The van der Waals surface area contributed by atoms with Crippen molar-refractivity contribution in [2.45, 2.75) is 11.8 Å². The van der Waals surface area contributed by atoms with Crippen molar-refractivity contribution >= 4 is 17.4 Å². The van der Waals surface area contributed by atoms with E-state index in [1.807, 2.05) is 18.2 Å². The molecule has 0 heterocycles. The third kappa shape index (κ3) is 5.41. The lowest BCUT2D eigenvalue weighted by Gasteiger charge is -2.17. The number of benzene rings is 1. The molecule has 0 bridgehead atoms. The van der Waals surface area contributed by atoms with Gasteiger partial charge in [0.25, 0.3) is 0 Å². The Hall–Kier alpha value is -1.22. The average Bonchev–Trinajstić information content (AvgIpc) is 2.45. The van der Waals surface area contributed by atoms with Gasteiger partial charge in [-0.3, -0.25) is 0 Å². The van der Waals surface area contributed by atoms with Gasteiger partial charge in [0.2, 0.25) is 0 Å². The van der Waals surface area contributed by atoms with E-state index in [0.717, 1.165) is 48.1 Å². The fourth-order valence-electron chi connectivity index (χ4n) is 1.81. The summed E-state index contributed by atoms with van der Waals surface area (Å²) in [6.07, 6.45) is 0. The number of nitriles is 1. The number of anilines is 1. The zero-order valence-corrected chi connectivity index (χ0v) is 13.3. The van der Waals surface area contributed by atoms with E-state index in [0.29, 0.717) is 0 Å². The summed E-state index contributed by atoms with van der Waals surface area (Å²) in [6, 6.07) is 8.27. The fraction of sp³-hybridized carbons (Fsp3) is 0.533. The third-order valence-electron chi connectivity index (χ3n) is 2.92. The molecule has 110 valence electrons. The van der Waals surface area contributed by atoms with Gasteiger partial charge in [-0.15, -0.1) is 11.8 Å². The third-order valence-corrected chi connectivity index (χ3v) is 3.86. The van der Waals surface area contributed by atoms with E-state index in [1.54, 1.807) is 18.9 Å². The first-order valence-electron chi connectivity index (χ1n) is 6.80. The molecule has 0 fully saturated rings. The molecule has 1 aromatic carbocycles. The van der Waals surface area contributed by atoms with Crippen molar-refractivity contribution in [2.24, 2.45) is 0 Å². The van der Waals surface area contributed by atoms with E-state index in [9.17, 15) is 5.26 Å². The summed E-state index contributed by atoms with van der Waals surface area (Å²) < 4.78 is 5.05. The molecule has 1 rings (SSSR count). The molecular weight excluding hydrogens is 270 g/mol. The number of ether oxygens (including phenoxy) is 1. The molecule has 0 aliphatic rings. The average molecular weight is 293 g/mol.